The van der Waals surface area contributed by atoms with Gasteiger partial charge in [-0.2, -0.15) is 0 Å². The first kappa shape index (κ1) is 14.4. The molecule has 0 aromatic carbocycles. The van der Waals surface area contributed by atoms with Gasteiger partial charge in [0.25, 0.3) is 0 Å². The van der Waals surface area contributed by atoms with Crippen molar-refractivity contribution in [3.05, 3.63) is 46.7 Å². The van der Waals surface area contributed by atoms with Gasteiger partial charge in [0.15, 0.2) is 4.67 Å². The molecule has 3 atom stereocenters. The summed E-state index contributed by atoms with van der Waals surface area (Å²) in [6, 6.07) is 7.58. The molecule has 2 N–H and O–H groups in total. The molecular weight excluding hydrogens is 310 g/mol. The largest absolute Gasteiger partial charge is 0.467 e. The molecule has 0 radical (unpaired) electrons. The molecule has 0 spiro atoms. The average Bonchev–Trinajstić information content (AvgIpc) is 2.98. The van der Waals surface area contributed by atoms with Crippen molar-refractivity contribution >= 4 is 15.9 Å². The van der Waals surface area contributed by atoms with E-state index >= 15 is 0 Å². The van der Waals surface area contributed by atoms with Crippen LogP contribution in [0.15, 0.2) is 44.0 Å². The summed E-state index contributed by atoms with van der Waals surface area (Å²) in [5.41, 5.74) is 0. The lowest BCUT2D eigenvalue weighted by atomic mass is 10.1. The SMILES string of the molecule is C[C@H](C[C@@H](O)c1ccco1)N[C@@H](C)c1ccc(Br)o1. The van der Waals surface area contributed by atoms with Crippen LogP contribution in [0.25, 0.3) is 0 Å². The third-order valence-electron chi connectivity index (χ3n) is 3.00. The van der Waals surface area contributed by atoms with Gasteiger partial charge in [-0.3, -0.25) is 0 Å². The zero-order valence-electron chi connectivity index (χ0n) is 11.0. The summed E-state index contributed by atoms with van der Waals surface area (Å²) in [5.74, 6) is 1.47. The molecular formula is C14H18BrNO3. The quantitative estimate of drug-likeness (QED) is 0.847. The van der Waals surface area contributed by atoms with E-state index in [0.717, 1.165) is 10.4 Å². The van der Waals surface area contributed by atoms with Gasteiger partial charge in [0.1, 0.15) is 17.6 Å². The molecule has 5 heteroatoms. The lowest BCUT2D eigenvalue weighted by Gasteiger charge is -2.20. The van der Waals surface area contributed by atoms with Gasteiger partial charge in [0.05, 0.1) is 12.3 Å². The zero-order chi connectivity index (χ0) is 13.8. The number of hydrogen-bond acceptors (Lipinski definition) is 4. The second-order valence-electron chi connectivity index (χ2n) is 4.70. The van der Waals surface area contributed by atoms with Crippen molar-refractivity contribution in [1.82, 2.24) is 5.32 Å². The minimum absolute atomic E-state index is 0.0881. The van der Waals surface area contributed by atoms with E-state index in [0.29, 0.717) is 12.2 Å². The van der Waals surface area contributed by atoms with Crippen LogP contribution in [0.1, 0.15) is 43.9 Å². The molecule has 4 nitrogen and oxygen atoms in total. The number of nitrogens with one attached hydrogen (secondary N) is 1. The summed E-state index contributed by atoms with van der Waals surface area (Å²) in [4.78, 5) is 0. The molecule has 2 aromatic heterocycles. The number of rotatable bonds is 6. The van der Waals surface area contributed by atoms with Crippen LogP contribution in [-0.2, 0) is 0 Å². The summed E-state index contributed by atoms with van der Waals surface area (Å²) >= 11 is 3.29. The van der Waals surface area contributed by atoms with Crippen LogP contribution in [0.3, 0.4) is 0 Å². The zero-order valence-corrected chi connectivity index (χ0v) is 12.6. The highest BCUT2D eigenvalue weighted by atomic mass is 79.9. The first-order valence-electron chi connectivity index (χ1n) is 6.29. The number of hydrogen-bond donors (Lipinski definition) is 2. The molecule has 0 amide bonds. The average molecular weight is 328 g/mol. The fraction of sp³-hybridized carbons (Fsp3) is 0.429. The van der Waals surface area contributed by atoms with Gasteiger partial charge in [-0.05, 0) is 60.5 Å². The maximum atomic E-state index is 10.0. The number of aliphatic hydroxyl groups excluding tert-OH is 1. The Labute approximate surface area is 120 Å². The van der Waals surface area contributed by atoms with E-state index in [-0.39, 0.29) is 12.1 Å². The fourth-order valence-electron chi connectivity index (χ4n) is 2.07. The van der Waals surface area contributed by atoms with Crippen molar-refractivity contribution in [1.29, 1.82) is 0 Å². The molecule has 19 heavy (non-hydrogen) atoms. The third kappa shape index (κ3) is 3.96. The molecule has 0 saturated heterocycles. The van der Waals surface area contributed by atoms with E-state index < -0.39 is 6.10 Å². The van der Waals surface area contributed by atoms with Crippen LogP contribution in [-0.4, -0.2) is 11.1 Å². The summed E-state index contributed by atoms with van der Waals surface area (Å²) < 4.78 is 11.4. The number of furan rings is 2. The van der Waals surface area contributed by atoms with Crippen molar-refractivity contribution in [2.45, 2.75) is 38.5 Å². The molecule has 2 aromatic rings. The standard InChI is InChI=1S/C14H18BrNO3/c1-9(8-11(17)13-4-3-7-18-13)16-10(2)12-5-6-14(15)19-12/h3-7,9-11,16-17H,8H2,1-2H3/t9-,10+,11-/m1/s1. The molecule has 104 valence electrons. The highest BCUT2D eigenvalue weighted by Crippen LogP contribution is 2.23. The predicted molar refractivity (Wildman–Crippen MR) is 75.7 cm³/mol. The Kier molecular flexibility index (Phi) is 4.85. The lowest BCUT2D eigenvalue weighted by molar-refractivity contribution is 0.126. The monoisotopic (exact) mass is 327 g/mol. The van der Waals surface area contributed by atoms with E-state index in [1.807, 2.05) is 26.0 Å². The highest BCUT2D eigenvalue weighted by Gasteiger charge is 2.18. The van der Waals surface area contributed by atoms with Gasteiger partial charge >= 0.3 is 0 Å². The molecule has 0 fully saturated rings. The Morgan fingerprint density at radius 1 is 1.26 bits per heavy atom. The molecule has 0 bridgehead atoms. The van der Waals surface area contributed by atoms with Crippen LogP contribution in [0.5, 0.6) is 0 Å². The van der Waals surface area contributed by atoms with Crippen molar-refractivity contribution in [3.8, 4) is 0 Å². The van der Waals surface area contributed by atoms with Gasteiger partial charge in [0, 0.05) is 6.04 Å². The van der Waals surface area contributed by atoms with Gasteiger partial charge in [-0.1, -0.05) is 0 Å². The van der Waals surface area contributed by atoms with E-state index in [1.54, 1.807) is 18.4 Å². The van der Waals surface area contributed by atoms with E-state index in [4.69, 9.17) is 8.83 Å². The summed E-state index contributed by atoms with van der Waals surface area (Å²) in [6.45, 7) is 4.06. The van der Waals surface area contributed by atoms with Gasteiger partial charge in [-0.25, -0.2) is 0 Å². The summed E-state index contributed by atoms with van der Waals surface area (Å²) in [7, 11) is 0. The van der Waals surface area contributed by atoms with Gasteiger partial charge < -0.3 is 19.3 Å². The second kappa shape index (κ2) is 6.41. The van der Waals surface area contributed by atoms with Crippen LogP contribution >= 0.6 is 15.9 Å². The topological polar surface area (TPSA) is 58.5 Å². The van der Waals surface area contributed by atoms with Crippen LogP contribution < -0.4 is 5.32 Å². The molecule has 2 heterocycles. The minimum Gasteiger partial charge on any atom is -0.467 e. The third-order valence-corrected chi connectivity index (χ3v) is 3.43. The Morgan fingerprint density at radius 3 is 2.63 bits per heavy atom. The summed E-state index contributed by atoms with van der Waals surface area (Å²) in [5, 5.41) is 13.4. The Balaban J connectivity index is 1.85. The molecule has 0 aliphatic heterocycles. The Morgan fingerprint density at radius 2 is 2.05 bits per heavy atom. The van der Waals surface area contributed by atoms with E-state index in [1.165, 1.54) is 0 Å². The normalized spacial score (nSPS) is 16.2. The van der Waals surface area contributed by atoms with Crippen LogP contribution in [0.4, 0.5) is 0 Å². The number of aliphatic hydroxyl groups is 1. The first-order valence-corrected chi connectivity index (χ1v) is 7.08. The van der Waals surface area contributed by atoms with E-state index in [2.05, 4.69) is 21.2 Å². The Hall–Kier alpha value is -1.04. The molecule has 0 unspecified atom stereocenters. The van der Waals surface area contributed by atoms with Crippen molar-refractivity contribution in [2.24, 2.45) is 0 Å². The molecule has 0 aliphatic carbocycles. The van der Waals surface area contributed by atoms with Crippen molar-refractivity contribution in [2.75, 3.05) is 0 Å². The van der Waals surface area contributed by atoms with E-state index in [9.17, 15) is 5.11 Å². The van der Waals surface area contributed by atoms with Crippen LogP contribution in [0, 0.1) is 0 Å². The fourth-order valence-corrected chi connectivity index (χ4v) is 2.39. The van der Waals surface area contributed by atoms with Gasteiger partial charge in [-0.15, -0.1) is 0 Å². The molecule has 2 rings (SSSR count). The highest BCUT2D eigenvalue weighted by molar-refractivity contribution is 9.10. The predicted octanol–water partition coefficient (Wildman–Crippen LogP) is 3.80. The maximum absolute atomic E-state index is 10.0. The molecule has 0 aliphatic rings. The van der Waals surface area contributed by atoms with Crippen molar-refractivity contribution in [3.63, 3.8) is 0 Å². The molecule has 0 saturated carbocycles. The van der Waals surface area contributed by atoms with Crippen molar-refractivity contribution < 1.29 is 13.9 Å². The number of halogens is 1. The van der Waals surface area contributed by atoms with Crippen LogP contribution in [0.2, 0.25) is 0 Å². The lowest BCUT2D eigenvalue weighted by Crippen LogP contribution is -2.30. The second-order valence-corrected chi connectivity index (χ2v) is 5.48. The first-order chi connectivity index (χ1) is 9.06. The maximum Gasteiger partial charge on any atom is 0.169 e. The summed E-state index contributed by atoms with van der Waals surface area (Å²) in [6.07, 6.45) is 1.56. The smallest absolute Gasteiger partial charge is 0.169 e. The Bertz CT molecular complexity index is 495. The van der Waals surface area contributed by atoms with Gasteiger partial charge in [0.2, 0.25) is 0 Å². The minimum atomic E-state index is -0.590.